The molecule has 1 saturated heterocycles. The molecule has 0 aromatic heterocycles. The van der Waals surface area contributed by atoms with E-state index < -0.39 is 4.92 Å². The van der Waals surface area contributed by atoms with E-state index in [4.69, 9.17) is 0 Å². The molecule has 1 aliphatic heterocycles. The molecule has 0 saturated carbocycles. The molecule has 0 radical (unpaired) electrons. The minimum absolute atomic E-state index is 0.0636. The lowest BCUT2D eigenvalue weighted by Crippen LogP contribution is -2.31. The standard InChI is InChI=1S/C15H21N3O3/c1-3-4-5-10-17-14(16-11(2)15(17)19)12-6-8-13(9-7-12)18(20)21/h6-9,11,14,16H,3-5,10H2,1-2H3. The number of nitro benzene ring substituents is 1. The van der Waals surface area contributed by atoms with Crippen LogP contribution in [-0.2, 0) is 4.79 Å². The number of nitrogens with one attached hydrogen (secondary N) is 1. The first-order chi connectivity index (χ1) is 10.0. The fourth-order valence-electron chi connectivity index (χ4n) is 2.60. The molecule has 1 aromatic carbocycles. The highest BCUT2D eigenvalue weighted by molar-refractivity contribution is 5.84. The van der Waals surface area contributed by atoms with Crippen LogP contribution in [0, 0.1) is 10.1 Å². The largest absolute Gasteiger partial charge is 0.322 e. The number of carbonyl (C=O) groups is 1. The molecule has 2 atom stereocenters. The Balaban J connectivity index is 2.15. The van der Waals surface area contributed by atoms with Gasteiger partial charge in [0.05, 0.1) is 11.0 Å². The van der Waals surface area contributed by atoms with Crippen molar-refractivity contribution in [2.75, 3.05) is 6.54 Å². The lowest BCUT2D eigenvalue weighted by molar-refractivity contribution is -0.384. The van der Waals surface area contributed by atoms with Crippen LogP contribution in [0.4, 0.5) is 5.69 Å². The summed E-state index contributed by atoms with van der Waals surface area (Å²) in [7, 11) is 0. The zero-order valence-corrected chi connectivity index (χ0v) is 12.4. The molecule has 1 fully saturated rings. The summed E-state index contributed by atoms with van der Waals surface area (Å²) in [5.41, 5.74) is 0.948. The van der Waals surface area contributed by atoms with Gasteiger partial charge >= 0.3 is 0 Å². The molecule has 21 heavy (non-hydrogen) atoms. The van der Waals surface area contributed by atoms with Crippen molar-refractivity contribution in [3.63, 3.8) is 0 Å². The third-order valence-electron chi connectivity index (χ3n) is 3.80. The minimum Gasteiger partial charge on any atom is -0.322 e. The predicted molar refractivity (Wildman–Crippen MR) is 79.7 cm³/mol. The molecule has 1 N–H and O–H groups in total. The Bertz CT molecular complexity index is 515. The molecule has 2 rings (SSSR count). The van der Waals surface area contributed by atoms with Gasteiger partial charge in [-0.1, -0.05) is 19.8 Å². The van der Waals surface area contributed by atoms with Crippen LogP contribution in [-0.4, -0.2) is 28.3 Å². The van der Waals surface area contributed by atoms with E-state index in [-0.39, 0.29) is 23.8 Å². The maximum absolute atomic E-state index is 12.2. The van der Waals surface area contributed by atoms with Crippen molar-refractivity contribution in [2.24, 2.45) is 0 Å². The summed E-state index contributed by atoms with van der Waals surface area (Å²) in [6, 6.07) is 6.18. The van der Waals surface area contributed by atoms with Crippen LogP contribution in [0.1, 0.15) is 44.8 Å². The number of benzene rings is 1. The summed E-state index contributed by atoms with van der Waals surface area (Å²) in [6.07, 6.45) is 2.98. The van der Waals surface area contributed by atoms with Crippen molar-refractivity contribution in [1.29, 1.82) is 0 Å². The molecule has 1 heterocycles. The molecule has 1 aliphatic rings. The van der Waals surface area contributed by atoms with Crippen LogP contribution in [0.2, 0.25) is 0 Å². The molecule has 1 aromatic rings. The summed E-state index contributed by atoms with van der Waals surface area (Å²) in [5.74, 6) is 0.0921. The minimum atomic E-state index is -0.418. The van der Waals surface area contributed by atoms with Gasteiger partial charge < -0.3 is 4.90 Å². The topological polar surface area (TPSA) is 75.5 Å². The molecule has 0 spiro atoms. The molecule has 6 nitrogen and oxygen atoms in total. The SMILES string of the molecule is CCCCCN1C(=O)C(C)NC1c1ccc([N+](=O)[O-])cc1. The van der Waals surface area contributed by atoms with E-state index in [9.17, 15) is 14.9 Å². The van der Waals surface area contributed by atoms with Crippen molar-refractivity contribution in [3.05, 3.63) is 39.9 Å². The van der Waals surface area contributed by atoms with Crippen LogP contribution in [0.3, 0.4) is 0 Å². The number of unbranched alkanes of at least 4 members (excludes halogenated alkanes) is 2. The van der Waals surface area contributed by atoms with Gasteiger partial charge in [-0.25, -0.2) is 0 Å². The Hall–Kier alpha value is -1.95. The first-order valence-electron chi connectivity index (χ1n) is 7.35. The number of carbonyl (C=O) groups excluding carboxylic acids is 1. The number of rotatable bonds is 6. The summed E-state index contributed by atoms with van der Waals surface area (Å²) in [5, 5.41) is 14.0. The monoisotopic (exact) mass is 291 g/mol. The quantitative estimate of drug-likeness (QED) is 0.496. The van der Waals surface area contributed by atoms with E-state index in [0.717, 1.165) is 24.8 Å². The van der Waals surface area contributed by atoms with E-state index >= 15 is 0 Å². The van der Waals surface area contributed by atoms with Gasteiger partial charge in [0.25, 0.3) is 5.69 Å². The number of nitro groups is 1. The Morgan fingerprint density at radius 1 is 1.29 bits per heavy atom. The fraction of sp³-hybridized carbons (Fsp3) is 0.533. The number of nitrogens with zero attached hydrogens (tertiary/aromatic N) is 2. The van der Waals surface area contributed by atoms with Crippen LogP contribution < -0.4 is 5.32 Å². The highest BCUT2D eigenvalue weighted by atomic mass is 16.6. The van der Waals surface area contributed by atoms with Gasteiger partial charge in [-0.2, -0.15) is 0 Å². The maximum atomic E-state index is 12.2. The second-order valence-electron chi connectivity index (χ2n) is 5.38. The fourth-order valence-corrected chi connectivity index (χ4v) is 2.60. The zero-order chi connectivity index (χ0) is 15.4. The van der Waals surface area contributed by atoms with Crippen molar-refractivity contribution in [1.82, 2.24) is 10.2 Å². The van der Waals surface area contributed by atoms with Gasteiger partial charge in [0.2, 0.25) is 5.91 Å². The summed E-state index contributed by atoms with van der Waals surface area (Å²) in [4.78, 5) is 24.3. The molecule has 0 bridgehead atoms. The van der Waals surface area contributed by atoms with Gasteiger partial charge in [-0.15, -0.1) is 0 Å². The van der Waals surface area contributed by atoms with Crippen molar-refractivity contribution < 1.29 is 9.72 Å². The third kappa shape index (κ3) is 3.39. The number of non-ortho nitro benzene ring substituents is 1. The smallest absolute Gasteiger partial charge is 0.269 e. The Morgan fingerprint density at radius 2 is 1.95 bits per heavy atom. The van der Waals surface area contributed by atoms with Gasteiger partial charge in [0.1, 0.15) is 6.17 Å². The summed E-state index contributed by atoms with van der Waals surface area (Å²) < 4.78 is 0. The van der Waals surface area contributed by atoms with E-state index in [1.54, 1.807) is 12.1 Å². The van der Waals surface area contributed by atoms with E-state index in [0.29, 0.717) is 6.54 Å². The van der Waals surface area contributed by atoms with Crippen molar-refractivity contribution >= 4 is 11.6 Å². The zero-order valence-electron chi connectivity index (χ0n) is 12.4. The maximum Gasteiger partial charge on any atom is 0.269 e. The van der Waals surface area contributed by atoms with E-state index in [2.05, 4.69) is 12.2 Å². The Kier molecular flexibility index (Phi) is 4.90. The normalized spacial score (nSPS) is 21.8. The highest BCUT2D eigenvalue weighted by Crippen LogP contribution is 2.27. The molecule has 1 amide bonds. The Labute approximate surface area is 124 Å². The van der Waals surface area contributed by atoms with Crippen LogP contribution >= 0.6 is 0 Å². The number of hydrogen-bond acceptors (Lipinski definition) is 4. The Morgan fingerprint density at radius 3 is 2.52 bits per heavy atom. The van der Waals surface area contributed by atoms with Crippen LogP contribution in [0.5, 0.6) is 0 Å². The highest BCUT2D eigenvalue weighted by Gasteiger charge is 2.36. The second-order valence-corrected chi connectivity index (χ2v) is 5.38. The molecule has 0 aliphatic carbocycles. The average molecular weight is 291 g/mol. The van der Waals surface area contributed by atoms with Gasteiger partial charge in [0, 0.05) is 18.7 Å². The van der Waals surface area contributed by atoms with Gasteiger partial charge in [-0.3, -0.25) is 20.2 Å². The predicted octanol–water partition coefficient (Wildman–Crippen LogP) is 2.60. The lowest BCUT2D eigenvalue weighted by atomic mass is 10.1. The van der Waals surface area contributed by atoms with E-state index in [1.165, 1.54) is 12.1 Å². The number of hydrogen-bond donors (Lipinski definition) is 1. The first kappa shape index (κ1) is 15.4. The van der Waals surface area contributed by atoms with Crippen molar-refractivity contribution in [2.45, 2.75) is 45.3 Å². The molecular formula is C15H21N3O3. The molecule has 2 unspecified atom stereocenters. The first-order valence-corrected chi connectivity index (χ1v) is 7.35. The summed E-state index contributed by atoms with van der Waals surface area (Å²) >= 11 is 0. The number of amides is 1. The summed E-state index contributed by atoms with van der Waals surface area (Å²) in [6.45, 7) is 4.69. The molecule has 114 valence electrons. The van der Waals surface area contributed by atoms with E-state index in [1.807, 2.05) is 11.8 Å². The van der Waals surface area contributed by atoms with Crippen LogP contribution in [0.15, 0.2) is 24.3 Å². The molecule has 6 heteroatoms. The van der Waals surface area contributed by atoms with Crippen molar-refractivity contribution in [3.8, 4) is 0 Å². The van der Waals surface area contributed by atoms with Gasteiger partial charge in [0.15, 0.2) is 0 Å². The third-order valence-corrected chi connectivity index (χ3v) is 3.80. The van der Waals surface area contributed by atoms with Crippen LogP contribution in [0.25, 0.3) is 0 Å². The lowest BCUT2D eigenvalue weighted by Gasteiger charge is -2.24. The average Bonchev–Trinajstić information content (AvgIpc) is 2.76. The van der Waals surface area contributed by atoms with Gasteiger partial charge in [-0.05, 0) is 31.0 Å². The second kappa shape index (κ2) is 6.67. The molecular weight excluding hydrogens is 270 g/mol.